The maximum absolute atomic E-state index is 12.9. The third-order valence-corrected chi connectivity index (χ3v) is 7.31. The fourth-order valence-corrected chi connectivity index (χ4v) is 5.39. The minimum absolute atomic E-state index is 0.227. The second-order valence-corrected chi connectivity index (χ2v) is 9.71. The van der Waals surface area contributed by atoms with E-state index in [-0.39, 0.29) is 5.91 Å². The van der Waals surface area contributed by atoms with Gasteiger partial charge >= 0.3 is 5.97 Å². The van der Waals surface area contributed by atoms with Crippen molar-refractivity contribution in [3.8, 4) is 22.3 Å². The Morgan fingerprint density at radius 2 is 1.42 bits per heavy atom. The molecular weight excluding hydrogens is 474 g/mol. The van der Waals surface area contributed by atoms with E-state index in [2.05, 4.69) is 42.5 Å². The van der Waals surface area contributed by atoms with Gasteiger partial charge in [-0.15, -0.1) is 0 Å². The van der Waals surface area contributed by atoms with Crippen LogP contribution in [0.25, 0.3) is 33.2 Å². The van der Waals surface area contributed by atoms with Gasteiger partial charge in [-0.1, -0.05) is 84.9 Å². The van der Waals surface area contributed by atoms with Crippen LogP contribution < -0.4 is 0 Å². The van der Waals surface area contributed by atoms with E-state index >= 15 is 0 Å². The second kappa shape index (κ2) is 10.0. The SMILES string of the molecule is O=C(O)[C@@H]1CCCN1C(=O)c1ccc(-c2ccc(-c3c(Cc4ccccc4)oc4ccccc34)cc2)cc1. The number of benzene rings is 4. The van der Waals surface area contributed by atoms with Crippen molar-refractivity contribution in [2.75, 3.05) is 6.54 Å². The first kappa shape index (κ1) is 23.7. The van der Waals surface area contributed by atoms with Gasteiger partial charge in [-0.2, -0.15) is 0 Å². The predicted molar refractivity (Wildman–Crippen MR) is 148 cm³/mol. The Hall–Kier alpha value is -4.64. The molecule has 1 saturated heterocycles. The lowest BCUT2D eigenvalue weighted by Crippen LogP contribution is -2.40. The second-order valence-electron chi connectivity index (χ2n) is 9.71. The first-order valence-electron chi connectivity index (χ1n) is 12.9. The summed E-state index contributed by atoms with van der Waals surface area (Å²) >= 11 is 0. The Morgan fingerprint density at radius 1 is 0.789 bits per heavy atom. The number of carboxylic acids is 1. The number of hydrogen-bond acceptors (Lipinski definition) is 3. The fourth-order valence-electron chi connectivity index (χ4n) is 5.39. The van der Waals surface area contributed by atoms with Gasteiger partial charge in [-0.3, -0.25) is 4.79 Å². The van der Waals surface area contributed by atoms with Crippen molar-refractivity contribution in [1.29, 1.82) is 0 Å². The molecule has 2 heterocycles. The number of furan rings is 1. The summed E-state index contributed by atoms with van der Waals surface area (Å²) in [4.78, 5) is 25.9. The van der Waals surface area contributed by atoms with Crippen LogP contribution in [0.15, 0.2) is 108 Å². The standard InChI is InChI=1S/C33H27NO4/c35-32(34-20-6-10-28(34)33(36)37)26-18-14-24(15-19-26)23-12-16-25(17-13-23)31-27-9-4-5-11-29(27)38-30(31)21-22-7-2-1-3-8-22/h1-5,7-9,11-19,28H,6,10,20-21H2,(H,36,37)/t28-/m0/s1. The number of nitrogens with zero attached hydrogens (tertiary/aromatic N) is 1. The number of para-hydroxylation sites is 1. The molecule has 0 radical (unpaired) electrons. The lowest BCUT2D eigenvalue weighted by atomic mass is 9.96. The van der Waals surface area contributed by atoms with Crippen molar-refractivity contribution >= 4 is 22.8 Å². The molecule has 4 aromatic carbocycles. The van der Waals surface area contributed by atoms with Crippen molar-refractivity contribution in [2.24, 2.45) is 0 Å². The van der Waals surface area contributed by atoms with Gasteiger partial charge in [0.15, 0.2) is 0 Å². The molecule has 1 atom stereocenters. The quantitative estimate of drug-likeness (QED) is 0.271. The Labute approximate surface area is 221 Å². The summed E-state index contributed by atoms with van der Waals surface area (Å²) in [6.45, 7) is 0.480. The van der Waals surface area contributed by atoms with Crippen LogP contribution in [0, 0.1) is 0 Å². The van der Waals surface area contributed by atoms with Gasteiger partial charge in [0.1, 0.15) is 17.4 Å². The van der Waals surface area contributed by atoms with E-state index in [1.165, 1.54) is 10.5 Å². The lowest BCUT2D eigenvalue weighted by molar-refractivity contribution is -0.141. The first-order chi connectivity index (χ1) is 18.6. The van der Waals surface area contributed by atoms with Crippen LogP contribution in [-0.2, 0) is 11.2 Å². The molecule has 6 rings (SSSR count). The maximum Gasteiger partial charge on any atom is 0.326 e. The number of rotatable bonds is 6. The van der Waals surface area contributed by atoms with Gasteiger partial charge in [0.2, 0.25) is 0 Å². The van der Waals surface area contributed by atoms with E-state index in [0.29, 0.717) is 31.4 Å². The van der Waals surface area contributed by atoms with E-state index in [1.54, 1.807) is 12.1 Å². The van der Waals surface area contributed by atoms with Crippen molar-refractivity contribution in [2.45, 2.75) is 25.3 Å². The first-order valence-corrected chi connectivity index (χ1v) is 12.9. The van der Waals surface area contributed by atoms with Crippen LogP contribution in [0.5, 0.6) is 0 Å². The summed E-state index contributed by atoms with van der Waals surface area (Å²) in [5.41, 5.74) is 6.80. The fraction of sp³-hybridized carbons (Fsp3) is 0.152. The minimum atomic E-state index is -0.940. The summed E-state index contributed by atoms with van der Waals surface area (Å²) in [5, 5.41) is 10.5. The monoisotopic (exact) mass is 501 g/mol. The van der Waals surface area contributed by atoms with Crippen molar-refractivity contribution in [3.05, 3.63) is 120 Å². The molecule has 0 unspecified atom stereocenters. The van der Waals surface area contributed by atoms with Gasteiger partial charge < -0.3 is 14.4 Å². The van der Waals surface area contributed by atoms with Crippen molar-refractivity contribution < 1.29 is 19.1 Å². The van der Waals surface area contributed by atoms with Gasteiger partial charge in [-0.05, 0) is 53.3 Å². The molecule has 1 fully saturated rings. The normalized spacial score (nSPS) is 15.2. The third-order valence-electron chi connectivity index (χ3n) is 7.31. The van der Waals surface area contributed by atoms with Crippen LogP contribution in [-0.4, -0.2) is 34.5 Å². The molecule has 0 spiro atoms. The van der Waals surface area contributed by atoms with Crippen molar-refractivity contribution in [1.82, 2.24) is 4.90 Å². The van der Waals surface area contributed by atoms with E-state index in [0.717, 1.165) is 39.0 Å². The van der Waals surface area contributed by atoms with Crippen LogP contribution >= 0.6 is 0 Å². The molecule has 0 saturated carbocycles. The number of carbonyl (C=O) groups excluding carboxylic acids is 1. The van der Waals surface area contributed by atoms with Crippen molar-refractivity contribution in [3.63, 3.8) is 0 Å². The summed E-state index contributed by atoms with van der Waals surface area (Å²) in [6, 6.07) is 33.5. The number of aliphatic carboxylic acids is 1. The van der Waals surface area contributed by atoms with Gasteiger partial charge in [0.25, 0.3) is 5.91 Å². The molecule has 1 aliphatic rings. The number of likely N-dealkylation sites (tertiary alicyclic amines) is 1. The summed E-state index contributed by atoms with van der Waals surface area (Å²) in [6.07, 6.45) is 1.93. The van der Waals surface area contributed by atoms with E-state index in [1.807, 2.05) is 48.5 Å². The molecule has 1 aromatic heterocycles. The molecule has 188 valence electrons. The topological polar surface area (TPSA) is 70.8 Å². The average Bonchev–Trinajstić information content (AvgIpc) is 3.59. The zero-order valence-electron chi connectivity index (χ0n) is 20.8. The highest BCUT2D eigenvalue weighted by atomic mass is 16.4. The summed E-state index contributed by atoms with van der Waals surface area (Å²) in [7, 11) is 0. The Balaban J connectivity index is 1.27. The molecule has 1 aliphatic heterocycles. The molecule has 0 bridgehead atoms. The average molecular weight is 502 g/mol. The molecular formula is C33H27NO4. The van der Waals surface area contributed by atoms with Gasteiger partial charge in [0.05, 0.1) is 0 Å². The van der Waals surface area contributed by atoms with Crippen LogP contribution in [0.2, 0.25) is 0 Å². The van der Waals surface area contributed by atoms with Gasteiger partial charge in [0, 0.05) is 29.5 Å². The number of amides is 1. The molecule has 5 aromatic rings. The highest BCUT2D eigenvalue weighted by Gasteiger charge is 2.34. The van der Waals surface area contributed by atoms with E-state index in [9.17, 15) is 14.7 Å². The number of carbonyl (C=O) groups is 2. The molecule has 5 heteroatoms. The third kappa shape index (κ3) is 4.48. The number of hydrogen-bond donors (Lipinski definition) is 1. The Morgan fingerprint density at radius 3 is 2.13 bits per heavy atom. The van der Waals surface area contributed by atoms with Crippen LogP contribution in [0.1, 0.15) is 34.5 Å². The number of fused-ring (bicyclic) bond motifs is 1. The molecule has 1 amide bonds. The summed E-state index contributed by atoms with van der Waals surface area (Å²) in [5.74, 6) is -0.228. The Bertz CT molecular complexity index is 1600. The van der Waals surface area contributed by atoms with Crippen LogP contribution in [0.4, 0.5) is 0 Å². The summed E-state index contributed by atoms with van der Waals surface area (Å²) < 4.78 is 6.30. The molecule has 0 aliphatic carbocycles. The smallest absolute Gasteiger partial charge is 0.326 e. The van der Waals surface area contributed by atoms with Crippen LogP contribution in [0.3, 0.4) is 0 Å². The molecule has 1 N–H and O–H groups in total. The Kier molecular flexibility index (Phi) is 6.26. The van der Waals surface area contributed by atoms with Gasteiger partial charge in [-0.25, -0.2) is 4.79 Å². The van der Waals surface area contributed by atoms with E-state index in [4.69, 9.17) is 4.42 Å². The molecule has 5 nitrogen and oxygen atoms in total. The highest BCUT2D eigenvalue weighted by Crippen LogP contribution is 2.37. The molecule has 38 heavy (non-hydrogen) atoms. The highest BCUT2D eigenvalue weighted by molar-refractivity contribution is 5.98. The largest absolute Gasteiger partial charge is 0.480 e. The van der Waals surface area contributed by atoms with E-state index < -0.39 is 12.0 Å². The zero-order chi connectivity index (χ0) is 26.1. The number of carboxylic acid groups (broad SMARTS) is 1. The zero-order valence-corrected chi connectivity index (χ0v) is 20.8. The predicted octanol–water partition coefficient (Wildman–Crippen LogP) is 7.05. The maximum atomic E-state index is 12.9. The lowest BCUT2D eigenvalue weighted by Gasteiger charge is -2.21. The minimum Gasteiger partial charge on any atom is -0.480 e.